The van der Waals surface area contributed by atoms with E-state index in [1.54, 1.807) is 0 Å². The van der Waals surface area contributed by atoms with Gasteiger partial charge in [-0.1, -0.05) is 18.9 Å². The highest BCUT2D eigenvalue weighted by Gasteiger charge is 2.21. The second kappa shape index (κ2) is 7.53. The van der Waals surface area contributed by atoms with Crippen LogP contribution in [-0.2, 0) is 9.53 Å². The summed E-state index contributed by atoms with van der Waals surface area (Å²) in [5.41, 5.74) is 2.52. The predicted molar refractivity (Wildman–Crippen MR) is 90.9 cm³/mol. The molecule has 2 aromatic rings. The molecule has 1 aromatic carbocycles. The van der Waals surface area contributed by atoms with E-state index in [2.05, 4.69) is 17.2 Å². The van der Waals surface area contributed by atoms with Gasteiger partial charge in [0.25, 0.3) is 0 Å². The standard InChI is InChI=1S/C19H25NO3/c1-2-22-18(21)11-6-12-23-17-10-5-9-16-19(17)15(13-20-16)14-7-3-4-8-14/h5,9-10,13-14,20H,2-4,6-8,11-12H2,1H3. The fourth-order valence-electron chi connectivity index (χ4n) is 3.49. The Bertz CT molecular complexity index is 656. The summed E-state index contributed by atoms with van der Waals surface area (Å²) in [6.45, 7) is 2.80. The van der Waals surface area contributed by atoms with Crippen LogP contribution in [0, 0.1) is 0 Å². The molecule has 0 saturated heterocycles. The van der Waals surface area contributed by atoms with Gasteiger partial charge in [0, 0.05) is 23.5 Å². The first-order valence-electron chi connectivity index (χ1n) is 8.68. The van der Waals surface area contributed by atoms with E-state index in [-0.39, 0.29) is 5.97 Å². The Kier molecular flexibility index (Phi) is 5.21. The van der Waals surface area contributed by atoms with Crippen LogP contribution in [0.5, 0.6) is 5.75 Å². The quantitative estimate of drug-likeness (QED) is 0.602. The topological polar surface area (TPSA) is 51.3 Å². The van der Waals surface area contributed by atoms with Crippen molar-refractivity contribution in [3.63, 3.8) is 0 Å². The highest BCUT2D eigenvalue weighted by molar-refractivity contribution is 5.89. The number of hydrogen-bond acceptors (Lipinski definition) is 3. The Morgan fingerprint density at radius 1 is 1.30 bits per heavy atom. The lowest BCUT2D eigenvalue weighted by Crippen LogP contribution is -2.07. The van der Waals surface area contributed by atoms with Gasteiger partial charge in [0.1, 0.15) is 5.75 Å². The number of aromatic amines is 1. The van der Waals surface area contributed by atoms with Gasteiger partial charge in [-0.05, 0) is 49.8 Å². The number of H-pyrrole nitrogens is 1. The van der Waals surface area contributed by atoms with Crippen LogP contribution in [0.15, 0.2) is 24.4 Å². The lowest BCUT2D eigenvalue weighted by molar-refractivity contribution is -0.143. The molecule has 1 N–H and O–H groups in total. The van der Waals surface area contributed by atoms with Crippen molar-refractivity contribution >= 4 is 16.9 Å². The fraction of sp³-hybridized carbons (Fsp3) is 0.526. The molecule has 0 bridgehead atoms. The zero-order chi connectivity index (χ0) is 16.1. The minimum Gasteiger partial charge on any atom is -0.493 e. The van der Waals surface area contributed by atoms with Crippen molar-refractivity contribution in [3.05, 3.63) is 30.0 Å². The maximum Gasteiger partial charge on any atom is 0.305 e. The Labute approximate surface area is 137 Å². The van der Waals surface area contributed by atoms with Gasteiger partial charge in [0.15, 0.2) is 0 Å². The largest absolute Gasteiger partial charge is 0.493 e. The molecule has 1 fully saturated rings. The average molecular weight is 315 g/mol. The number of hydrogen-bond donors (Lipinski definition) is 1. The van der Waals surface area contributed by atoms with E-state index in [0.29, 0.717) is 32.0 Å². The molecule has 4 heteroatoms. The average Bonchev–Trinajstić information content (AvgIpc) is 3.20. The summed E-state index contributed by atoms with van der Waals surface area (Å²) in [4.78, 5) is 14.7. The second-order valence-electron chi connectivity index (χ2n) is 6.16. The van der Waals surface area contributed by atoms with Crippen LogP contribution in [0.3, 0.4) is 0 Å². The first kappa shape index (κ1) is 15.9. The molecule has 0 aliphatic heterocycles. The minimum absolute atomic E-state index is 0.150. The first-order chi connectivity index (χ1) is 11.3. The van der Waals surface area contributed by atoms with E-state index in [0.717, 1.165) is 11.3 Å². The van der Waals surface area contributed by atoms with Crippen LogP contribution in [0.2, 0.25) is 0 Å². The molecule has 3 rings (SSSR count). The fourth-order valence-corrected chi connectivity index (χ4v) is 3.49. The number of aromatic nitrogens is 1. The molecule has 0 amide bonds. The summed E-state index contributed by atoms with van der Waals surface area (Å²) in [5.74, 6) is 1.42. The third-order valence-corrected chi connectivity index (χ3v) is 4.58. The van der Waals surface area contributed by atoms with Crippen LogP contribution < -0.4 is 4.74 Å². The van der Waals surface area contributed by atoms with Crippen molar-refractivity contribution in [2.45, 2.75) is 51.4 Å². The molecule has 1 heterocycles. The summed E-state index contributed by atoms with van der Waals surface area (Å²) < 4.78 is 10.9. The number of rotatable bonds is 7. The van der Waals surface area contributed by atoms with Crippen LogP contribution in [0.4, 0.5) is 0 Å². The van der Waals surface area contributed by atoms with Crippen molar-refractivity contribution in [2.24, 2.45) is 0 Å². The van der Waals surface area contributed by atoms with Gasteiger partial charge < -0.3 is 14.5 Å². The molecule has 0 unspecified atom stereocenters. The molecule has 1 aromatic heterocycles. The van der Waals surface area contributed by atoms with Gasteiger partial charge in [0.2, 0.25) is 0 Å². The van der Waals surface area contributed by atoms with E-state index < -0.39 is 0 Å². The number of esters is 1. The smallest absolute Gasteiger partial charge is 0.305 e. The third-order valence-electron chi connectivity index (χ3n) is 4.58. The normalized spacial score (nSPS) is 15.2. The monoisotopic (exact) mass is 315 g/mol. The number of benzene rings is 1. The van der Waals surface area contributed by atoms with Gasteiger partial charge in [-0.25, -0.2) is 0 Å². The molecule has 1 aliphatic carbocycles. The number of carbonyl (C=O) groups is 1. The second-order valence-corrected chi connectivity index (χ2v) is 6.16. The highest BCUT2D eigenvalue weighted by Crippen LogP contribution is 2.40. The summed E-state index contributed by atoms with van der Waals surface area (Å²) in [6, 6.07) is 6.14. The molecule has 4 nitrogen and oxygen atoms in total. The summed E-state index contributed by atoms with van der Waals surface area (Å²) >= 11 is 0. The number of ether oxygens (including phenoxy) is 2. The number of fused-ring (bicyclic) bond motifs is 1. The van der Waals surface area contributed by atoms with Crippen LogP contribution in [0.1, 0.15) is 56.9 Å². The van der Waals surface area contributed by atoms with Gasteiger partial charge in [-0.2, -0.15) is 0 Å². The zero-order valence-electron chi connectivity index (χ0n) is 13.8. The van der Waals surface area contributed by atoms with Crippen LogP contribution >= 0.6 is 0 Å². The minimum atomic E-state index is -0.150. The third kappa shape index (κ3) is 3.69. The Hall–Kier alpha value is -1.97. The molecule has 1 saturated carbocycles. The van der Waals surface area contributed by atoms with Gasteiger partial charge in [-0.15, -0.1) is 0 Å². The predicted octanol–water partition coefficient (Wildman–Crippen LogP) is 4.55. The first-order valence-corrected chi connectivity index (χ1v) is 8.68. The molecule has 0 spiro atoms. The van der Waals surface area contributed by atoms with E-state index in [4.69, 9.17) is 9.47 Å². The van der Waals surface area contributed by atoms with Crippen molar-refractivity contribution in [1.82, 2.24) is 4.98 Å². The Morgan fingerprint density at radius 2 is 2.13 bits per heavy atom. The van der Waals surface area contributed by atoms with E-state index in [1.807, 2.05) is 19.1 Å². The number of nitrogens with one attached hydrogen (secondary N) is 1. The maximum absolute atomic E-state index is 11.4. The lowest BCUT2D eigenvalue weighted by Gasteiger charge is -2.12. The Morgan fingerprint density at radius 3 is 2.91 bits per heavy atom. The molecular formula is C19H25NO3. The van der Waals surface area contributed by atoms with E-state index >= 15 is 0 Å². The summed E-state index contributed by atoms with van der Waals surface area (Å²) in [6.07, 6.45) is 8.41. The summed E-state index contributed by atoms with van der Waals surface area (Å²) in [5, 5.41) is 1.22. The van der Waals surface area contributed by atoms with Crippen molar-refractivity contribution in [3.8, 4) is 5.75 Å². The van der Waals surface area contributed by atoms with Crippen LogP contribution in [-0.4, -0.2) is 24.2 Å². The highest BCUT2D eigenvalue weighted by atomic mass is 16.5. The summed E-state index contributed by atoms with van der Waals surface area (Å²) in [7, 11) is 0. The van der Waals surface area contributed by atoms with Gasteiger partial charge in [-0.3, -0.25) is 4.79 Å². The molecular weight excluding hydrogens is 290 g/mol. The van der Waals surface area contributed by atoms with Crippen molar-refractivity contribution < 1.29 is 14.3 Å². The molecule has 1 aliphatic rings. The molecule has 124 valence electrons. The molecule has 23 heavy (non-hydrogen) atoms. The van der Waals surface area contributed by atoms with Crippen molar-refractivity contribution in [2.75, 3.05) is 13.2 Å². The van der Waals surface area contributed by atoms with Gasteiger partial charge >= 0.3 is 5.97 Å². The molecule has 0 atom stereocenters. The van der Waals surface area contributed by atoms with E-state index in [1.165, 1.54) is 36.6 Å². The van der Waals surface area contributed by atoms with E-state index in [9.17, 15) is 4.79 Å². The van der Waals surface area contributed by atoms with Crippen molar-refractivity contribution in [1.29, 1.82) is 0 Å². The zero-order valence-corrected chi connectivity index (χ0v) is 13.8. The SMILES string of the molecule is CCOC(=O)CCCOc1cccc2[nH]cc(C3CCCC3)c12. The number of carbonyl (C=O) groups excluding carboxylic acids is 1. The Balaban J connectivity index is 1.68. The lowest BCUT2D eigenvalue weighted by atomic mass is 9.97. The maximum atomic E-state index is 11.4. The van der Waals surface area contributed by atoms with Crippen LogP contribution in [0.25, 0.3) is 10.9 Å². The van der Waals surface area contributed by atoms with Gasteiger partial charge in [0.05, 0.1) is 13.2 Å². The molecule has 0 radical (unpaired) electrons.